The van der Waals surface area contributed by atoms with Crippen molar-refractivity contribution >= 4 is 28.2 Å². The highest BCUT2D eigenvalue weighted by molar-refractivity contribution is 7.17. The molecule has 1 fully saturated rings. The van der Waals surface area contributed by atoms with Crippen LogP contribution in [-0.2, 0) is 33.5 Å². The molecule has 2 aromatic heterocycles. The van der Waals surface area contributed by atoms with E-state index in [0.29, 0.717) is 31.4 Å². The van der Waals surface area contributed by atoms with E-state index in [0.717, 1.165) is 29.1 Å². The molecule has 4 rings (SSSR count). The molecule has 12 heteroatoms. The van der Waals surface area contributed by atoms with Crippen molar-refractivity contribution in [2.24, 2.45) is 11.8 Å². The third-order valence-corrected chi connectivity index (χ3v) is 6.49. The predicted molar refractivity (Wildman–Crippen MR) is 97.7 cm³/mol. The lowest BCUT2D eigenvalue weighted by molar-refractivity contribution is -0.147. The van der Waals surface area contributed by atoms with Crippen LogP contribution >= 0.6 is 11.3 Å². The van der Waals surface area contributed by atoms with E-state index in [2.05, 4.69) is 15.5 Å². The highest BCUT2D eigenvalue weighted by Gasteiger charge is 2.39. The quantitative estimate of drug-likeness (QED) is 0.737. The highest BCUT2D eigenvalue weighted by Crippen LogP contribution is 2.44. The Morgan fingerprint density at radius 2 is 1.93 bits per heavy atom. The van der Waals surface area contributed by atoms with Gasteiger partial charge in [-0.05, 0) is 24.8 Å². The van der Waals surface area contributed by atoms with Crippen LogP contribution in [0.5, 0.6) is 0 Å². The number of carboxylic acid groups (broad SMARTS) is 1. The summed E-state index contributed by atoms with van der Waals surface area (Å²) >= 11 is 1.16. The molecule has 1 saturated carbocycles. The fraction of sp³-hybridized carbons (Fsp3) is 0.556. The molecule has 0 saturated heterocycles. The van der Waals surface area contributed by atoms with Gasteiger partial charge in [0, 0.05) is 4.88 Å². The van der Waals surface area contributed by atoms with E-state index in [1.54, 1.807) is 0 Å². The minimum absolute atomic E-state index is 0.248. The molecule has 8 nitrogen and oxygen atoms in total. The van der Waals surface area contributed by atoms with E-state index < -0.39 is 35.7 Å². The van der Waals surface area contributed by atoms with Crippen molar-refractivity contribution in [3.8, 4) is 11.5 Å². The molecule has 0 radical (unpaired) electrons. The summed E-state index contributed by atoms with van der Waals surface area (Å²) in [7, 11) is 0. The Morgan fingerprint density at radius 1 is 1.20 bits per heavy atom. The molecule has 2 aliphatic rings. The minimum Gasteiger partial charge on any atom is -0.481 e. The van der Waals surface area contributed by atoms with Gasteiger partial charge in [-0.2, -0.15) is 18.2 Å². The number of ether oxygens (including phenoxy) is 1. The monoisotopic (exact) mass is 445 g/mol. The number of thiophene rings is 1. The fourth-order valence-electron chi connectivity index (χ4n) is 3.93. The predicted octanol–water partition coefficient (Wildman–Crippen LogP) is 3.72. The Kier molecular flexibility index (Phi) is 5.53. The number of alkyl halides is 3. The van der Waals surface area contributed by atoms with Crippen molar-refractivity contribution < 1.29 is 37.1 Å². The second-order valence-electron chi connectivity index (χ2n) is 7.26. The lowest BCUT2D eigenvalue weighted by Crippen LogP contribution is -2.36. The molecule has 1 amide bonds. The largest absolute Gasteiger partial charge is 0.481 e. The Hall–Kier alpha value is -2.47. The van der Waals surface area contributed by atoms with Crippen LogP contribution in [0, 0.1) is 11.8 Å². The number of aromatic nitrogens is 2. The molecule has 3 heterocycles. The molecule has 2 N–H and O–H groups in total. The number of anilines is 1. The zero-order valence-electron chi connectivity index (χ0n) is 15.6. The number of carboxylic acids is 1. The Morgan fingerprint density at radius 3 is 2.60 bits per heavy atom. The lowest BCUT2D eigenvalue weighted by Gasteiger charge is -2.27. The van der Waals surface area contributed by atoms with Gasteiger partial charge in [0.25, 0.3) is 11.7 Å². The number of aliphatic carboxylic acids is 1. The van der Waals surface area contributed by atoms with Crippen molar-refractivity contribution in [2.75, 3.05) is 11.9 Å². The van der Waals surface area contributed by atoms with Crippen LogP contribution in [0.4, 0.5) is 18.2 Å². The van der Waals surface area contributed by atoms with E-state index in [1.807, 2.05) is 0 Å². The second-order valence-corrected chi connectivity index (χ2v) is 8.36. The van der Waals surface area contributed by atoms with Gasteiger partial charge in [-0.15, -0.1) is 11.3 Å². The molecule has 2 aromatic rings. The average molecular weight is 445 g/mol. The highest BCUT2D eigenvalue weighted by atomic mass is 32.1. The number of carbonyl (C=O) groups excluding carboxylic acids is 1. The topological polar surface area (TPSA) is 115 Å². The van der Waals surface area contributed by atoms with Gasteiger partial charge in [0.15, 0.2) is 0 Å². The number of nitrogens with one attached hydrogen (secondary N) is 1. The molecule has 2 unspecified atom stereocenters. The minimum atomic E-state index is -4.76. The number of halogens is 3. The maximum atomic E-state index is 12.9. The first-order chi connectivity index (χ1) is 14.3. The van der Waals surface area contributed by atoms with Gasteiger partial charge in [-0.25, -0.2) is 0 Å². The molecule has 30 heavy (non-hydrogen) atoms. The summed E-state index contributed by atoms with van der Waals surface area (Å²) in [6.07, 6.45) is -2.02. The van der Waals surface area contributed by atoms with Crippen LogP contribution in [-0.4, -0.2) is 33.7 Å². The molecular weight excluding hydrogens is 427 g/mol. The average Bonchev–Trinajstić information content (AvgIpc) is 3.32. The normalized spacial score (nSPS) is 21.8. The lowest BCUT2D eigenvalue weighted by atomic mass is 9.79. The van der Waals surface area contributed by atoms with Crippen molar-refractivity contribution in [2.45, 2.75) is 44.9 Å². The molecule has 162 valence electrons. The number of fused-ring (bicyclic) bond motifs is 1. The number of carbonyl (C=O) groups is 2. The van der Waals surface area contributed by atoms with Gasteiger partial charge in [0.05, 0.1) is 30.6 Å². The standard InChI is InChI=1S/C18H18F3N3O5S/c19-18(20,21)17-23-14(29-24-17)12-10-5-6-28-7-11(10)30-15(12)22-13(25)8-3-1-2-4-9(8)16(26)27/h8-9H,1-7H2,(H,22,25)(H,26,27). The maximum Gasteiger partial charge on any atom is 0.455 e. The third-order valence-electron chi connectivity index (χ3n) is 5.37. The van der Waals surface area contributed by atoms with Crippen molar-refractivity contribution in [3.63, 3.8) is 0 Å². The van der Waals surface area contributed by atoms with E-state index in [9.17, 15) is 27.9 Å². The van der Waals surface area contributed by atoms with Gasteiger partial charge in [0.2, 0.25) is 5.91 Å². The summed E-state index contributed by atoms with van der Waals surface area (Å²) in [6, 6.07) is 0. The van der Waals surface area contributed by atoms with E-state index in [4.69, 9.17) is 9.26 Å². The van der Waals surface area contributed by atoms with Gasteiger partial charge < -0.3 is 19.7 Å². The van der Waals surface area contributed by atoms with E-state index in [-0.39, 0.29) is 23.1 Å². The Balaban J connectivity index is 1.68. The number of rotatable bonds is 4. The molecule has 0 spiro atoms. The SMILES string of the molecule is O=C(O)C1CCCCC1C(=O)Nc1sc2c(c1-c1nc(C(F)(F)F)no1)CCOC2. The van der Waals surface area contributed by atoms with Gasteiger partial charge in [0.1, 0.15) is 5.00 Å². The van der Waals surface area contributed by atoms with E-state index >= 15 is 0 Å². The molecule has 1 aliphatic heterocycles. The first kappa shape index (κ1) is 20.8. The summed E-state index contributed by atoms with van der Waals surface area (Å²) < 4.78 is 49.1. The van der Waals surface area contributed by atoms with Crippen LogP contribution < -0.4 is 5.32 Å². The number of hydrogen-bond donors (Lipinski definition) is 2. The molecule has 0 bridgehead atoms. The number of amides is 1. The van der Waals surface area contributed by atoms with Crippen molar-refractivity contribution in [3.05, 3.63) is 16.3 Å². The smallest absolute Gasteiger partial charge is 0.455 e. The molecule has 2 atom stereocenters. The van der Waals surface area contributed by atoms with Crippen LogP contribution in [0.2, 0.25) is 0 Å². The van der Waals surface area contributed by atoms with E-state index in [1.165, 1.54) is 0 Å². The molecule has 0 aromatic carbocycles. The first-order valence-corrected chi connectivity index (χ1v) is 10.2. The van der Waals surface area contributed by atoms with Crippen LogP contribution in [0.1, 0.15) is 41.9 Å². The van der Waals surface area contributed by atoms with Gasteiger partial charge >= 0.3 is 12.1 Å². The van der Waals surface area contributed by atoms with Crippen molar-refractivity contribution in [1.82, 2.24) is 10.1 Å². The number of hydrogen-bond acceptors (Lipinski definition) is 7. The zero-order chi connectivity index (χ0) is 21.5. The first-order valence-electron chi connectivity index (χ1n) is 9.43. The summed E-state index contributed by atoms with van der Waals surface area (Å²) in [4.78, 5) is 28.7. The zero-order valence-corrected chi connectivity index (χ0v) is 16.4. The summed E-state index contributed by atoms with van der Waals surface area (Å²) in [6.45, 7) is 0.623. The Bertz CT molecular complexity index is 971. The van der Waals surface area contributed by atoms with Crippen molar-refractivity contribution in [1.29, 1.82) is 0 Å². The Labute approximate surface area is 172 Å². The van der Waals surface area contributed by atoms with Crippen LogP contribution in [0.15, 0.2) is 4.52 Å². The van der Waals surface area contributed by atoms with Gasteiger partial charge in [-0.3, -0.25) is 9.59 Å². The third kappa shape index (κ3) is 3.93. The van der Waals surface area contributed by atoms with Crippen LogP contribution in [0.3, 0.4) is 0 Å². The number of nitrogens with zero attached hydrogens (tertiary/aromatic N) is 2. The summed E-state index contributed by atoms with van der Waals surface area (Å²) in [5.41, 5.74) is 0.940. The second kappa shape index (κ2) is 7.99. The summed E-state index contributed by atoms with van der Waals surface area (Å²) in [5, 5.41) is 15.4. The molecular formula is C18H18F3N3O5S. The maximum absolute atomic E-state index is 12.9. The summed E-state index contributed by atoms with van der Waals surface area (Å²) in [5.74, 6) is -4.75. The fourth-order valence-corrected chi connectivity index (χ4v) is 5.11. The van der Waals surface area contributed by atoms with Gasteiger partial charge in [-0.1, -0.05) is 18.0 Å². The molecule has 1 aliphatic carbocycles. The van der Waals surface area contributed by atoms with Crippen LogP contribution in [0.25, 0.3) is 11.5 Å².